The van der Waals surface area contributed by atoms with Gasteiger partial charge in [-0.05, 0) is 93.8 Å². The molecule has 10 heteroatoms. The SMILES string of the molecule is O=C(O)C1CCC2CCC3CC4CC5CCC6CCC(C7NC(O)CC(O)N7)NC6C5NC4NC3C2N1. The molecular formula is C27H46N6O4. The molecule has 9 N–H and O–H groups in total. The van der Waals surface area contributed by atoms with Gasteiger partial charge in [-0.3, -0.25) is 31.4 Å². The van der Waals surface area contributed by atoms with Crippen LogP contribution in [0.5, 0.6) is 0 Å². The zero-order valence-electron chi connectivity index (χ0n) is 21.7. The molecule has 14 atom stereocenters. The van der Waals surface area contributed by atoms with E-state index in [-0.39, 0.29) is 24.4 Å². The van der Waals surface area contributed by atoms with Crippen molar-refractivity contribution in [3.8, 4) is 0 Å². The number of carboxylic acid groups (broad SMARTS) is 1. The normalized spacial score (nSPS) is 55.6. The molecule has 0 aromatic rings. The van der Waals surface area contributed by atoms with Gasteiger partial charge >= 0.3 is 5.97 Å². The molecule has 7 rings (SSSR count). The van der Waals surface area contributed by atoms with Crippen molar-refractivity contribution in [1.82, 2.24) is 31.9 Å². The molecule has 0 bridgehead atoms. The molecule has 37 heavy (non-hydrogen) atoms. The van der Waals surface area contributed by atoms with Crippen LogP contribution in [-0.4, -0.2) is 82.3 Å². The lowest BCUT2D eigenvalue weighted by Gasteiger charge is -2.59. The third kappa shape index (κ3) is 4.65. The first-order valence-corrected chi connectivity index (χ1v) is 15.1. The Morgan fingerprint density at radius 2 is 1.03 bits per heavy atom. The Morgan fingerprint density at radius 1 is 0.514 bits per heavy atom. The number of carboxylic acids is 1. The number of carbonyl (C=O) groups is 1. The molecule has 0 amide bonds. The van der Waals surface area contributed by atoms with E-state index in [9.17, 15) is 20.1 Å². The number of piperidine rings is 4. The van der Waals surface area contributed by atoms with E-state index in [1.54, 1.807) is 0 Å². The zero-order chi connectivity index (χ0) is 25.3. The molecule has 0 spiro atoms. The number of fused-ring (bicyclic) bond motifs is 7. The van der Waals surface area contributed by atoms with Crippen molar-refractivity contribution in [3.05, 3.63) is 0 Å². The molecule has 5 aliphatic heterocycles. The van der Waals surface area contributed by atoms with Crippen molar-refractivity contribution < 1.29 is 20.1 Å². The van der Waals surface area contributed by atoms with Gasteiger partial charge in [-0.15, -0.1) is 0 Å². The Balaban J connectivity index is 1.05. The van der Waals surface area contributed by atoms with E-state index in [4.69, 9.17) is 0 Å². The molecule has 0 aromatic heterocycles. The van der Waals surface area contributed by atoms with Crippen LogP contribution in [0, 0.1) is 29.6 Å². The van der Waals surface area contributed by atoms with Gasteiger partial charge in [-0.2, -0.15) is 0 Å². The highest BCUT2D eigenvalue weighted by atomic mass is 16.4. The van der Waals surface area contributed by atoms with Crippen molar-refractivity contribution in [2.75, 3.05) is 0 Å². The van der Waals surface area contributed by atoms with Crippen LogP contribution in [0.2, 0.25) is 0 Å². The topological polar surface area (TPSA) is 150 Å². The highest BCUT2D eigenvalue weighted by molar-refractivity contribution is 5.73. The van der Waals surface area contributed by atoms with E-state index in [0.29, 0.717) is 54.1 Å². The summed E-state index contributed by atoms with van der Waals surface area (Å²) < 4.78 is 0. The standard InChI is InChI=1S/C27H46N6O4/c34-19-11-20(35)31-26(30-19)17-7-5-12-1-3-14-9-16-10-15-4-2-13-6-8-18(27(36)37)29-22(13)24(15)33-25(16)32-23(14)21(12)28-17/h12-26,28-35H,1-11H2,(H,36,37). The highest BCUT2D eigenvalue weighted by Gasteiger charge is 2.53. The minimum atomic E-state index is -0.707. The van der Waals surface area contributed by atoms with Crippen molar-refractivity contribution in [2.24, 2.45) is 29.6 Å². The van der Waals surface area contributed by atoms with Crippen LogP contribution >= 0.6 is 0 Å². The molecule has 0 aromatic carbocycles. The summed E-state index contributed by atoms with van der Waals surface area (Å²) in [4.78, 5) is 11.7. The fourth-order valence-electron chi connectivity index (χ4n) is 9.68. The van der Waals surface area contributed by atoms with Crippen LogP contribution in [0.15, 0.2) is 0 Å². The van der Waals surface area contributed by atoms with Crippen LogP contribution in [0.25, 0.3) is 0 Å². The molecule has 5 saturated heterocycles. The summed E-state index contributed by atoms with van der Waals surface area (Å²) in [5.41, 5.74) is 0. The monoisotopic (exact) mass is 518 g/mol. The highest BCUT2D eigenvalue weighted by Crippen LogP contribution is 2.47. The average Bonchev–Trinajstić information content (AvgIpc) is 2.89. The predicted molar refractivity (Wildman–Crippen MR) is 137 cm³/mol. The Labute approximate surface area is 219 Å². The fraction of sp³-hybridized carbons (Fsp3) is 0.963. The summed E-state index contributed by atoms with van der Waals surface area (Å²) in [5, 5.41) is 52.1. The Morgan fingerprint density at radius 3 is 1.65 bits per heavy atom. The lowest BCUT2D eigenvalue weighted by Crippen LogP contribution is -2.76. The third-order valence-electron chi connectivity index (χ3n) is 11.4. The number of hydrogen-bond donors (Lipinski definition) is 9. The molecular weight excluding hydrogens is 472 g/mol. The average molecular weight is 519 g/mol. The van der Waals surface area contributed by atoms with Crippen LogP contribution in [-0.2, 0) is 4.79 Å². The van der Waals surface area contributed by atoms with Gasteiger partial charge in [-0.1, -0.05) is 0 Å². The molecule has 0 radical (unpaired) electrons. The third-order valence-corrected chi connectivity index (χ3v) is 11.4. The number of nitrogens with one attached hydrogen (secondary N) is 6. The van der Waals surface area contributed by atoms with Gasteiger partial charge in [-0.25, -0.2) is 0 Å². The first kappa shape index (κ1) is 25.1. The molecule has 7 aliphatic rings. The summed E-state index contributed by atoms with van der Waals surface area (Å²) in [5.74, 6) is 2.48. The fourth-order valence-corrected chi connectivity index (χ4v) is 9.68. The van der Waals surface area contributed by atoms with Gasteiger partial charge in [0.15, 0.2) is 0 Å². The summed E-state index contributed by atoms with van der Waals surface area (Å²) in [6.07, 6.45) is 10.7. The number of hydrogen-bond acceptors (Lipinski definition) is 9. The van der Waals surface area contributed by atoms with Gasteiger partial charge in [0.2, 0.25) is 0 Å². The van der Waals surface area contributed by atoms with Crippen LogP contribution in [0.4, 0.5) is 0 Å². The maximum atomic E-state index is 11.7. The summed E-state index contributed by atoms with van der Waals surface area (Å²) in [7, 11) is 0. The van der Waals surface area contributed by atoms with E-state index in [2.05, 4.69) is 31.9 Å². The second kappa shape index (κ2) is 9.96. The van der Waals surface area contributed by atoms with Gasteiger partial charge in [0.25, 0.3) is 0 Å². The van der Waals surface area contributed by atoms with E-state index in [0.717, 1.165) is 19.3 Å². The lowest BCUT2D eigenvalue weighted by atomic mass is 9.61. The minimum Gasteiger partial charge on any atom is -0.480 e. The van der Waals surface area contributed by atoms with Crippen molar-refractivity contribution >= 4 is 5.97 Å². The lowest BCUT2D eigenvalue weighted by molar-refractivity contribution is -0.141. The summed E-state index contributed by atoms with van der Waals surface area (Å²) >= 11 is 0. The van der Waals surface area contributed by atoms with Crippen LogP contribution in [0.1, 0.15) is 70.6 Å². The van der Waals surface area contributed by atoms with E-state index in [1.807, 2.05) is 0 Å². The molecule has 10 nitrogen and oxygen atoms in total. The predicted octanol–water partition coefficient (Wildman–Crippen LogP) is -0.423. The van der Waals surface area contributed by atoms with Gasteiger partial charge in [0, 0.05) is 36.6 Å². The number of rotatable bonds is 2. The second-order valence-electron chi connectivity index (χ2n) is 13.4. The van der Waals surface area contributed by atoms with E-state index in [1.165, 1.54) is 44.9 Å². The first-order chi connectivity index (χ1) is 17.9. The minimum absolute atomic E-state index is 0.135. The number of aliphatic carboxylic acids is 1. The quantitative estimate of drug-likeness (QED) is 0.236. The van der Waals surface area contributed by atoms with E-state index < -0.39 is 24.5 Å². The van der Waals surface area contributed by atoms with Crippen molar-refractivity contribution in [1.29, 1.82) is 0 Å². The van der Waals surface area contributed by atoms with Crippen molar-refractivity contribution in [2.45, 2.75) is 132 Å². The smallest absolute Gasteiger partial charge is 0.320 e. The molecule has 208 valence electrons. The zero-order valence-corrected chi connectivity index (χ0v) is 21.7. The molecule has 2 saturated carbocycles. The first-order valence-electron chi connectivity index (χ1n) is 15.1. The van der Waals surface area contributed by atoms with Gasteiger partial charge < -0.3 is 20.6 Å². The number of aliphatic hydroxyl groups excluding tert-OH is 2. The van der Waals surface area contributed by atoms with Crippen LogP contribution in [0.3, 0.4) is 0 Å². The Kier molecular flexibility index (Phi) is 6.77. The summed E-state index contributed by atoms with van der Waals surface area (Å²) in [6.45, 7) is 0. The van der Waals surface area contributed by atoms with Crippen LogP contribution < -0.4 is 31.9 Å². The molecule has 5 heterocycles. The number of aliphatic hydroxyl groups is 2. The molecule has 7 fully saturated rings. The van der Waals surface area contributed by atoms with Gasteiger partial charge in [0.1, 0.15) is 18.5 Å². The van der Waals surface area contributed by atoms with Gasteiger partial charge in [0.05, 0.1) is 12.3 Å². The van der Waals surface area contributed by atoms with Crippen molar-refractivity contribution in [3.63, 3.8) is 0 Å². The maximum absolute atomic E-state index is 11.7. The second-order valence-corrected chi connectivity index (χ2v) is 13.4. The Hall–Kier alpha value is -0.850. The maximum Gasteiger partial charge on any atom is 0.320 e. The molecule has 2 aliphatic carbocycles. The largest absolute Gasteiger partial charge is 0.480 e. The Bertz CT molecular complexity index is 855. The molecule has 14 unspecified atom stereocenters. The van der Waals surface area contributed by atoms with E-state index >= 15 is 0 Å². The summed E-state index contributed by atoms with van der Waals surface area (Å²) in [6, 6.07) is 1.16.